The van der Waals surface area contributed by atoms with Crippen LogP contribution in [-0.4, -0.2) is 17.3 Å². The van der Waals surface area contributed by atoms with Gasteiger partial charge in [-0.3, -0.25) is 9.59 Å². The number of carbonyl (C=O) groups excluding carboxylic acids is 2. The highest BCUT2D eigenvalue weighted by molar-refractivity contribution is 7.99. The lowest BCUT2D eigenvalue weighted by atomic mass is 9.76. The lowest BCUT2D eigenvalue weighted by Crippen LogP contribution is -2.25. The quantitative estimate of drug-likeness (QED) is 0.502. The summed E-state index contributed by atoms with van der Waals surface area (Å²) in [5.74, 6) is 0.832. The first-order chi connectivity index (χ1) is 13.7. The molecule has 2 unspecified atom stereocenters. The summed E-state index contributed by atoms with van der Waals surface area (Å²) in [6.07, 6.45) is 1.12. The standard InChI is InChI=1S/C25H22O2S/c26-23(19-11-5-2-6-12-19)17-22(18-9-3-1-4-10-18)20-15-16-28-24-14-8-7-13-21(24)25(20)27/h1-14,20,22H,15-17H2. The molecule has 0 spiro atoms. The van der Waals surface area contributed by atoms with Gasteiger partial charge in [-0.05, 0) is 23.8 Å². The second-order valence-electron chi connectivity index (χ2n) is 7.11. The number of rotatable bonds is 5. The molecule has 0 bridgehead atoms. The van der Waals surface area contributed by atoms with Gasteiger partial charge in [0.25, 0.3) is 0 Å². The van der Waals surface area contributed by atoms with Crippen molar-refractivity contribution in [3.05, 3.63) is 102 Å². The van der Waals surface area contributed by atoms with E-state index in [1.807, 2.05) is 84.9 Å². The molecule has 3 heteroatoms. The third-order valence-corrected chi connectivity index (χ3v) is 6.50. The van der Waals surface area contributed by atoms with Crippen molar-refractivity contribution in [2.24, 2.45) is 5.92 Å². The minimum absolute atomic E-state index is 0.0902. The van der Waals surface area contributed by atoms with Gasteiger partial charge in [0.05, 0.1) is 0 Å². The molecule has 0 amide bonds. The van der Waals surface area contributed by atoms with Crippen molar-refractivity contribution in [2.45, 2.75) is 23.7 Å². The molecule has 1 aliphatic rings. The second-order valence-corrected chi connectivity index (χ2v) is 8.25. The fourth-order valence-corrected chi connectivity index (χ4v) is 5.03. The van der Waals surface area contributed by atoms with Crippen LogP contribution in [0.4, 0.5) is 0 Å². The van der Waals surface area contributed by atoms with Crippen molar-refractivity contribution < 1.29 is 9.59 Å². The Morgan fingerprint density at radius 2 is 1.54 bits per heavy atom. The SMILES string of the molecule is O=C(CC(c1ccccc1)C1CCSc2ccccc2C1=O)c1ccccc1. The smallest absolute Gasteiger partial charge is 0.167 e. The van der Waals surface area contributed by atoms with Crippen molar-refractivity contribution in [3.63, 3.8) is 0 Å². The zero-order chi connectivity index (χ0) is 19.3. The third-order valence-electron chi connectivity index (χ3n) is 5.39. The predicted octanol–water partition coefficient (Wildman–Crippen LogP) is 6.04. The van der Waals surface area contributed by atoms with Crippen LogP contribution in [-0.2, 0) is 0 Å². The van der Waals surface area contributed by atoms with Crippen LogP contribution in [0.5, 0.6) is 0 Å². The van der Waals surface area contributed by atoms with E-state index in [0.29, 0.717) is 12.0 Å². The molecule has 140 valence electrons. The van der Waals surface area contributed by atoms with E-state index in [4.69, 9.17) is 0 Å². The Hall–Kier alpha value is -2.65. The second kappa shape index (κ2) is 8.57. The first-order valence-electron chi connectivity index (χ1n) is 9.63. The highest BCUT2D eigenvalue weighted by Crippen LogP contribution is 2.40. The van der Waals surface area contributed by atoms with E-state index in [1.54, 1.807) is 11.8 Å². The molecule has 0 saturated carbocycles. The molecule has 0 radical (unpaired) electrons. The summed E-state index contributed by atoms with van der Waals surface area (Å²) >= 11 is 1.74. The zero-order valence-corrected chi connectivity index (χ0v) is 16.4. The fraction of sp³-hybridized carbons (Fsp3) is 0.200. The van der Waals surface area contributed by atoms with Gasteiger partial charge >= 0.3 is 0 Å². The van der Waals surface area contributed by atoms with E-state index >= 15 is 0 Å². The largest absolute Gasteiger partial charge is 0.294 e. The van der Waals surface area contributed by atoms with E-state index in [9.17, 15) is 9.59 Å². The summed E-state index contributed by atoms with van der Waals surface area (Å²) < 4.78 is 0. The summed E-state index contributed by atoms with van der Waals surface area (Å²) in [5.41, 5.74) is 2.57. The number of fused-ring (bicyclic) bond motifs is 1. The first-order valence-corrected chi connectivity index (χ1v) is 10.6. The lowest BCUT2D eigenvalue weighted by Gasteiger charge is -2.25. The summed E-state index contributed by atoms with van der Waals surface area (Å²) in [6, 6.07) is 27.3. The molecular formula is C25H22O2S. The van der Waals surface area contributed by atoms with Crippen molar-refractivity contribution >= 4 is 23.3 Å². The van der Waals surface area contributed by atoms with Gasteiger partial charge < -0.3 is 0 Å². The van der Waals surface area contributed by atoms with E-state index < -0.39 is 0 Å². The summed E-state index contributed by atoms with van der Waals surface area (Å²) in [6.45, 7) is 0. The zero-order valence-electron chi connectivity index (χ0n) is 15.6. The average Bonchev–Trinajstić information content (AvgIpc) is 2.92. The Morgan fingerprint density at radius 3 is 2.29 bits per heavy atom. The van der Waals surface area contributed by atoms with Crippen LogP contribution in [0.1, 0.15) is 45.0 Å². The van der Waals surface area contributed by atoms with Crippen molar-refractivity contribution in [2.75, 3.05) is 5.75 Å². The molecule has 28 heavy (non-hydrogen) atoms. The highest BCUT2D eigenvalue weighted by Gasteiger charge is 2.34. The highest BCUT2D eigenvalue weighted by atomic mass is 32.2. The van der Waals surface area contributed by atoms with Gasteiger partial charge in [0.15, 0.2) is 11.6 Å². The van der Waals surface area contributed by atoms with Crippen molar-refractivity contribution in [1.82, 2.24) is 0 Å². The van der Waals surface area contributed by atoms with Gasteiger partial charge in [-0.15, -0.1) is 11.8 Å². The number of thioether (sulfide) groups is 1. The van der Waals surface area contributed by atoms with E-state index in [-0.39, 0.29) is 23.4 Å². The Labute approximate surface area is 170 Å². The van der Waals surface area contributed by atoms with Gasteiger partial charge in [-0.1, -0.05) is 78.9 Å². The van der Waals surface area contributed by atoms with Gasteiger partial charge in [-0.2, -0.15) is 0 Å². The Morgan fingerprint density at radius 1 is 0.893 bits per heavy atom. The monoisotopic (exact) mass is 386 g/mol. The summed E-state index contributed by atoms with van der Waals surface area (Å²) in [5, 5.41) is 0. The molecule has 0 aliphatic carbocycles. The van der Waals surface area contributed by atoms with Crippen LogP contribution in [0.2, 0.25) is 0 Å². The van der Waals surface area contributed by atoms with Crippen LogP contribution >= 0.6 is 11.8 Å². The first kappa shape index (κ1) is 18.7. The van der Waals surface area contributed by atoms with Crippen LogP contribution in [0.25, 0.3) is 0 Å². The maximum atomic E-state index is 13.4. The topological polar surface area (TPSA) is 34.1 Å². The van der Waals surface area contributed by atoms with E-state index in [0.717, 1.165) is 28.2 Å². The predicted molar refractivity (Wildman–Crippen MR) is 114 cm³/mol. The molecule has 2 atom stereocenters. The number of Topliss-reactive ketones (excluding diaryl/α,β-unsaturated/α-hetero) is 2. The maximum Gasteiger partial charge on any atom is 0.167 e. The number of hydrogen-bond donors (Lipinski definition) is 0. The van der Waals surface area contributed by atoms with Crippen LogP contribution in [0.15, 0.2) is 89.8 Å². The normalized spacial score (nSPS) is 17.4. The van der Waals surface area contributed by atoms with Crippen LogP contribution < -0.4 is 0 Å². The summed E-state index contributed by atoms with van der Waals surface area (Å²) in [7, 11) is 0. The molecule has 4 rings (SSSR count). The number of carbonyl (C=O) groups is 2. The Kier molecular flexibility index (Phi) is 5.73. The molecule has 1 aliphatic heterocycles. The molecule has 3 aromatic rings. The molecule has 0 fully saturated rings. The average molecular weight is 387 g/mol. The minimum Gasteiger partial charge on any atom is -0.294 e. The summed E-state index contributed by atoms with van der Waals surface area (Å²) in [4.78, 5) is 27.5. The molecule has 3 aromatic carbocycles. The fourth-order valence-electron chi connectivity index (χ4n) is 3.94. The van der Waals surface area contributed by atoms with Crippen LogP contribution in [0, 0.1) is 5.92 Å². The number of benzene rings is 3. The minimum atomic E-state index is -0.189. The molecule has 0 N–H and O–H groups in total. The lowest BCUT2D eigenvalue weighted by molar-refractivity contribution is 0.0872. The molecule has 2 nitrogen and oxygen atoms in total. The van der Waals surface area contributed by atoms with E-state index in [2.05, 4.69) is 0 Å². The van der Waals surface area contributed by atoms with Crippen molar-refractivity contribution in [3.8, 4) is 0 Å². The molecule has 0 aromatic heterocycles. The van der Waals surface area contributed by atoms with Gasteiger partial charge in [0.2, 0.25) is 0 Å². The van der Waals surface area contributed by atoms with Crippen molar-refractivity contribution in [1.29, 1.82) is 0 Å². The van der Waals surface area contributed by atoms with Crippen LogP contribution in [0.3, 0.4) is 0 Å². The molecular weight excluding hydrogens is 364 g/mol. The molecule has 1 heterocycles. The van der Waals surface area contributed by atoms with Gasteiger partial charge in [0, 0.05) is 34.3 Å². The number of ketones is 2. The van der Waals surface area contributed by atoms with Gasteiger partial charge in [0.1, 0.15) is 0 Å². The maximum absolute atomic E-state index is 13.4. The third kappa shape index (κ3) is 3.95. The molecule has 0 saturated heterocycles. The Bertz CT molecular complexity index is 966. The number of hydrogen-bond acceptors (Lipinski definition) is 3. The van der Waals surface area contributed by atoms with Gasteiger partial charge in [-0.25, -0.2) is 0 Å². The Balaban J connectivity index is 1.69. The van der Waals surface area contributed by atoms with E-state index in [1.165, 1.54) is 0 Å².